The molecule has 3 aliphatic carbocycles. The van der Waals surface area contributed by atoms with Gasteiger partial charge in [0.25, 0.3) is 0 Å². The summed E-state index contributed by atoms with van der Waals surface area (Å²) in [7, 11) is 2.15. The van der Waals surface area contributed by atoms with Crippen LogP contribution in [0.2, 0.25) is 0 Å². The fourth-order valence-electron chi connectivity index (χ4n) is 6.84. The van der Waals surface area contributed by atoms with Gasteiger partial charge >= 0.3 is 0 Å². The molecular formula is C20H30FNO. The SMILES string of the molecule is C[C@@H]1[C@H]2[C@@H]3C[C@H](F)C[C@@]3(C)CC[C@@H]2[C@@]2(C)CCC(=O)C=C2N1C. The van der Waals surface area contributed by atoms with Gasteiger partial charge < -0.3 is 4.90 Å². The minimum absolute atomic E-state index is 0.107. The maximum atomic E-state index is 14.3. The van der Waals surface area contributed by atoms with Crippen LogP contribution in [0, 0.1) is 28.6 Å². The lowest BCUT2D eigenvalue weighted by molar-refractivity contribution is -0.121. The lowest BCUT2D eigenvalue weighted by Gasteiger charge is -2.62. The molecule has 3 fully saturated rings. The monoisotopic (exact) mass is 319 g/mol. The number of hydrogen-bond donors (Lipinski definition) is 0. The number of fused-ring (bicyclic) bond motifs is 5. The van der Waals surface area contributed by atoms with Crippen LogP contribution in [0.5, 0.6) is 0 Å². The number of carbonyl (C=O) groups excluding carboxylic acids is 1. The third-order valence-electron chi connectivity index (χ3n) is 8.19. The van der Waals surface area contributed by atoms with E-state index in [2.05, 4.69) is 32.7 Å². The van der Waals surface area contributed by atoms with Crippen LogP contribution in [-0.2, 0) is 4.79 Å². The molecule has 0 amide bonds. The molecule has 7 atom stereocenters. The summed E-state index contributed by atoms with van der Waals surface area (Å²) in [5.74, 6) is 1.95. The first-order chi connectivity index (χ1) is 10.8. The van der Waals surface area contributed by atoms with E-state index in [4.69, 9.17) is 0 Å². The summed E-state index contributed by atoms with van der Waals surface area (Å²) < 4.78 is 14.3. The summed E-state index contributed by atoms with van der Waals surface area (Å²) in [5, 5.41) is 0. The number of halogens is 1. The van der Waals surface area contributed by atoms with Crippen LogP contribution in [0.25, 0.3) is 0 Å². The quantitative estimate of drug-likeness (QED) is 0.661. The van der Waals surface area contributed by atoms with Crippen LogP contribution < -0.4 is 0 Å². The summed E-state index contributed by atoms with van der Waals surface area (Å²) >= 11 is 0. The van der Waals surface area contributed by atoms with Gasteiger partial charge in [0, 0.05) is 36.7 Å². The van der Waals surface area contributed by atoms with Gasteiger partial charge in [0.1, 0.15) is 6.17 Å². The fourth-order valence-corrected chi connectivity index (χ4v) is 6.84. The van der Waals surface area contributed by atoms with Crippen LogP contribution in [0.1, 0.15) is 59.3 Å². The zero-order valence-corrected chi connectivity index (χ0v) is 14.9. The Hall–Kier alpha value is -0.860. The van der Waals surface area contributed by atoms with Gasteiger partial charge in [0.15, 0.2) is 5.78 Å². The van der Waals surface area contributed by atoms with Crippen LogP contribution >= 0.6 is 0 Å². The van der Waals surface area contributed by atoms with Gasteiger partial charge in [0.05, 0.1) is 0 Å². The average Bonchev–Trinajstić information content (AvgIpc) is 2.80. The Labute approximate surface area is 139 Å². The van der Waals surface area contributed by atoms with Crippen molar-refractivity contribution in [3.8, 4) is 0 Å². The first kappa shape index (κ1) is 15.7. The van der Waals surface area contributed by atoms with Crippen molar-refractivity contribution in [3.05, 3.63) is 11.8 Å². The highest BCUT2D eigenvalue weighted by Crippen LogP contribution is 2.65. The lowest BCUT2D eigenvalue weighted by Crippen LogP contribution is -2.60. The largest absolute Gasteiger partial charge is 0.374 e. The molecule has 23 heavy (non-hydrogen) atoms. The second kappa shape index (κ2) is 4.83. The second-order valence-electron chi connectivity index (χ2n) is 9.29. The van der Waals surface area contributed by atoms with Crippen molar-refractivity contribution in [2.45, 2.75) is 71.5 Å². The van der Waals surface area contributed by atoms with E-state index in [9.17, 15) is 9.18 Å². The number of likely N-dealkylation sites (tertiary alicyclic amines) is 1. The third-order valence-corrected chi connectivity index (χ3v) is 8.19. The van der Waals surface area contributed by atoms with E-state index in [1.54, 1.807) is 0 Å². The lowest BCUT2D eigenvalue weighted by atomic mass is 9.49. The molecule has 1 heterocycles. The molecule has 0 N–H and O–H groups in total. The Morgan fingerprint density at radius 3 is 2.74 bits per heavy atom. The van der Waals surface area contributed by atoms with Gasteiger partial charge in [-0.2, -0.15) is 0 Å². The third kappa shape index (κ3) is 2.01. The Morgan fingerprint density at radius 1 is 1.26 bits per heavy atom. The summed E-state index contributed by atoms with van der Waals surface area (Å²) in [5.41, 5.74) is 1.55. The Balaban J connectivity index is 1.78. The van der Waals surface area contributed by atoms with E-state index in [0.29, 0.717) is 30.2 Å². The minimum atomic E-state index is -0.612. The Morgan fingerprint density at radius 2 is 2.00 bits per heavy atom. The van der Waals surface area contributed by atoms with E-state index in [-0.39, 0.29) is 16.6 Å². The van der Waals surface area contributed by atoms with E-state index in [1.165, 1.54) is 12.1 Å². The summed E-state index contributed by atoms with van der Waals surface area (Å²) in [6, 6.07) is 0.403. The predicted molar refractivity (Wildman–Crippen MR) is 89.6 cm³/mol. The van der Waals surface area contributed by atoms with Crippen LogP contribution in [0.15, 0.2) is 11.8 Å². The van der Waals surface area contributed by atoms with Gasteiger partial charge in [-0.25, -0.2) is 4.39 Å². The zero-order chi connectivity index (χ0) is 16.6. The second-order valence-corrected chi connectivity index (χ2v) is 9.29. The maximum Gasteiger partial charge on any atom is 0.157 e. The number of carbonyl (C=O) groups is 1. The molecule has 0 unspecified atom stereocenters. The molecule has 0 aromatic heterocycles. The molecule has 0 aromatic carbocycles. The van der Waals surface area contributed by atoms with E-state index < -0.39 is 6.17 Å². The fraction of sp³-hybridized carbons (Fsp3) is 0.850. The molecule has 0 aromatic rings. The van der Waals surface area contributed by atoms with Crippen molar-refractivity contribution >= 4 is 5.78 Å². The number of ketones is 1. The highest BCUT2D eigenvalue weighted by atomic mass is 19.1. The molecule has 0 radical (unpaired) electrons. The molecule has 4 aliphatic rings. The smallest absolute Gasteiger partial charge is 0.157 e. The number of alkyl halides is 1. The standard InChI is InChI=1S/C20H30FNO/c1-12-18-15(6-7-19(2)11-13(21)9-16(18)19)20(3)8-5-14(23)10-17(20)22(12)4/h10,12-13,15-16,18H,5-9,11H2,1-4H3/t12-,13+,15+,16+,18-,19-,20-/m1/s1. The summed E-state index contributed by atoms with van der Waals surface area (Å²) in [6.45, 7) is 7.00. The first-order valence-corrected chi connectivity index (χ1v) is 9.38. The van der Waals surface area contributed by atoms with Crippen molar-refractivity contribution in [1.29, 1.82) is 0 Å². The molecule has 2 nitrogen and oxygen atoms in total. The predicted octanol–water partition coefficient (Wildman–Crippen LogP) is 4.35. The topological polar surface area (TPSA) is 20.3 Å². The highest BCUT2D eigenvalue weighted by Gasteiger charge is 2.61. The molecular weight excluding hydrogens is 289 g/mol. The van der Waals surface area contributed by atoms with Crippen molar-refractivity contribution in [3.63, 3.8) is 0 Å². The average molecular weight is 319 g/mol. The molecule has 0 bridgehead atoms. The van der Waals surface area contributed by atoms with Crippen LogP contribution in [-0.4, -0.2) is 29.9 Å². The number of allylic oxidation sites excluding steroid dienone is 2. The molecule has 2 saturated carbocycles. The number of piperidine rings is 1. The number of rotatable bonds is 0. The van der Waals surface area contributed by atoms with E-state index in [1.807, 2.05) is 6.08 Å². The van der Waals surface area contributed by atoms with Gasteiger partial charge in [-0.15, -0.1) is 0 Å². The number of nitrogens with zero attached hydrogens (tertiary/aromatic N) is 1. The molecule has 1 aliphatic heterocycles. The van der Waals surface area contributed by atoms with Gasteiger partial charge in [-0.3, -0.25) is 4.79 Å². The van der Waals surface area contributed by atoms with Gasteiger partial charge in [-0.1, -0.05) is 13.8 Å². The van der Waals surface area contributed by atoms with Crippen molar-refractivity contribution in [1.82, 2.24) is 4.90 Å². The Bertz CT molecular complexity index is 572. The zero-order valence-electron chi connectivity index (χ0n) is 14.9. The van der Waals surface area contributed by atoms with Crippen molar-refractivity contribution in [2.24, 2.45) is 28.6 Å². The molecule has 1 saturated heterocycles. The molecule has 4 rings (SSSR count). The minimum Gasteiger partial charge on any atom is -0.374 e. The van der Waals surface area contributed by atoms with E-state index >= 15 is 0 Å². The highest BCUT2D eigenvalue weighted by molar-refractivity contribution is 5.91. The summed E-state index contributed by atoms with van der Waals surface area (Å²) in [4.78, 5) is 14.4. The van der Waals surface area contributed by atoms with Crippen LogP contribution in [0.3, 0.4) is 0 Å². The van der Waals surface area contributed by atoms with E-state index in [0.717, 1.165) is 25.7 Å². The number of hydrogen-bond acceptors (Lipinski definition) is 2. The van der Waals surface area contributed by atoms with Crippen molar-refractivity contribution < 1.29 is 9.18 Å². The molecule has 3 heteroatoms. The van der Waals surface area contributed by atoms with Crippen LogP contribution in [0.4, 0.5) is 4.39 Å². The summed E-state index contributed by atoms with van der Waals surface area (Å²) in [6.07, 6.45) is 6.82. The molecule has 128 valence electrons. The first-order valence-electron chi connectivity index (χ1n) is 9.38. The normalized spacial score (nSPS) is 52.6. The molecule has 0 spiro atoms. The van der Waals surface area contributed by atoms with Crippen molar-refractivity contribution in [2.75, 3.05) is 7.05 Å². The maximum absolute atomic E-state index is 14.3. The Kier molecular flexibility index (Phi) is 3.29. The van der Waals surface area contributed by atoms with Gasteiger partial charge in [-0.05, 0) is 62.2 Å². The van der Waals surface area contributed by atoms with Gasteiger partial charge in [0.2, 0.25) is 0 Å².